The van der Waals surface area contributed by atoms with Crippen LogP contribution in [0.25, 0.3) is 22.2 Å². The number of para-hydroxylation sites is 1. The molecule has 0 saturated carbocycles. The Labute approximate surface area is 227 Å². The van der Waals surface area contributed by atoms with Gasteiger partial charge in [-0.25, -0.2) is 4.98 Å². The highest BCUT2D eigenvalue weighted by molar-refractivity contribution is 7.14. The predicted octanol–water partition coefficient (Wildman–Crippen LogP) is 5.07. The summed E-state index contributed by atoms with van der Waals surface area (Å²) < 4.78 is 0. The maximum absolute atomic E-state index is 14.1. The van der Waals surface area contributed by atoms with Gasteiger partial charge in [-0.1, -0.05) is 62.4 Å². The van der Waals surface area contributed by atoms with Crippen molar-refractivity contribution in [1.29, 1.82) is 0 Å². The summed E-state index contributed by atoms with van der Waals surface area (Å²) >= 11 is 1.43. The second-order valence-electron chi connectivity index (χ2n) is 10.1. The maximum Gasteiger partial charge on any atom is 0.266 e. The molecule has 4 aromatic rings. The lowest BCUT2D eigenvalue weighted by Gasteiger charge is -2.40. The average molecular weight is 528 g/mol. The van der Waals surface area contributed by atoms with Gasteiger partial charge in [0.05, 0.1) is 21.8 Å². The third kappa shape index (κ3) is 5.61. The molecule has 2 aromatic carbocycles. The zero-order valence-electron chi connectivity index (χ0n) is 22.0. The number of rotatable bonds is 7. The molecule has 1 aliphatic rings. The highest BCUT2D eigenvalue weighted by Crippen LogP contribution is 2.31. The fraction of sp³-hybridized carbons (Fsp3) is 0.333. The number of thiazole rings is 1. The standard InChI is InChI=1S/C30H33N5O2S/c1-19(2)33-23-14-15-24(17-32-29(36)25-13-7-11-21-12-8-16-31-26(21)25)35(18-23)30(37)28-27(34-20(3)38-28)22-9-5-4-6-10-22/h4-13,16,19,23-24,33H,14-15,17-18H2,1-3H3,(H,32,36). The highest BCUT2D eigenvalue weighted by atomic mass is 32.1. The summed E-state index contributed by atoms with van der Waals surface area (Å²) in [6, 6.07) is 19.7. The maximum atomic E-state index is 14.1. The van der Waals surface area contributed by atoms with E-state index in [1.54, 1.807) is 12.3 Å². The monoisotopic (exact) mass is 527 g/mol. The van der Waals surface area contributed by atoms with Gasteiger partial charge in [-0.15, -0.1) is 11.3 Å². The number of carbonyl (C=O) groups is 2. The van der Waals surface area contributed by atoms with Crippen molar-refractivity contribution >= 4 is 34.1 Å². The summed E-state index contributed by atoms with van der Waals surface area (Å²) in [5, 5.41) is 8.48. The van der Waals surface area contributed by atoms with Gasteiger partial charge in [-0.3, -0.25) is 14.6 Å². The van der Waals surface area contributed by atoms with Crippen molar-refractivity contribution in [2.45, 2.75) is 51.7 Å². The number of amides is 2. The van der Waals surface area contributed by atoms with Crippen LogP contribution in [0, 0.1) is 6.92 Å². The molecular formula is C30H33N5O2S. The summed E-state index contributed by atoms with van der Waals surface area (Å²) in [5.74, 6) is -0.210. The van der Waals surface area contributed by atoms with E-state index >= 15 is 0 Å². The molecule has 0 bridgehead atoms. The fourth-order valence-corrected chi connectivity index (χ4v) is 6.08. The predicted molar refractivity (Wildman–Crippen MR) is 152 cm³/mol. The Balaban J connectivity index is 1.39. The zero-order valence-corrected chi connectivity index (χ0v) is 22.8. The van der Waals surface area contributed by atoms with Crippen LogP contribution in [0.2, 0.25) is 0 Å². The van der Waals surface area contributed by atoms with Gasteiger partial charge >= 0.3 is 0 Å². The number of hydrogen-bond donors (Lipinski definition) is 2. The number of carbonyl (C=O) groups excluding carboxylic acids is 2. The number of hydrogen-bond acceptors (Lipinski definition) is 6. The first-order valence-electron chi connectivity index (χ1n) is 13.1. The lowest BCUT2D eigenvalue weighted by atomic mass is 9.96. The molecule has 0 radical (unpaired) electrons. The van der Waals surface area contributed by atoms with Crippen LogP contribution >= 0.6 is 11.3 Å². The second kappa shape index (κ2) is 11.4. The van der Waals surface area contributed by atoms with E-state index in [9.17, 15) is 9.59 Å². The molecule has 38 heavy (non-hydrogen) atoms. The van der Waals surface area contributed by atoms with Gasteiger partial charge in [0.1, 0.15) is 4.88 Å². The number of aryl methyl sites for hydroxylation is 1. The number of nitrogens with zero attached hydrogens (tertiary/aromatic N) is 3. The Bertz CT molecular complexity index is 1430. The molecule has 2 unspecified atom stereocenters. The van der Waals surface area contributed by atoms with Gasteiger partial charge in [0.25, 0.3) is 11.8 Å². The average Bonchev–Trinajstić information content (AvgIpc) is 3.33. The van der Waals surface area contributed by atoms with Crippen LogP contribution in [0.3, 0.4) is 0 Å². The van der Waals surface area contributed by atoms with E-state index < -0.39 is 0 Å². The molecule has 1 saturated heterocycles. The van der Waals surface area contributed by atoms with Crippen molar-refractivity contribution in [3.63, 3.8) is 0 Å². The first kappa shape index (κ1) is 26.0. The number of fused-ring (bicyclic) bond motifs is 1. The zero-order chi connectivity index (χ0) is 26.6. The second-order valence-corrected chi connectivity index (χ2v) is 11.3. The van der Waals surface area contributed by atoms with E-state index in [2.05, 4.69) is 29.5 Å². The van der Waals surface area contributed by atoms with E-state index in [0.29, 0.717) is 35.1 Å². The molecule has 1 aliphatic heterocycles. The number of nitrogens with one attached hydrogen (secondary N) is 2. The van der Waals surface area contributed by atoms with Crippen molar-refractivity contribution < 1.29 is 9.59 Å². The number of benzene rings is 2. The molecule has 2 N–H and O–H groups in total. The Morgan fingerprint density at radius 3 is 2.63 bits per heavy atom. The molecular weight excluding hydrogens is 494 g/mol. The van der Waals surface area contributed by atoms with Crippen LogP contribution in [0.15, 0.2) is 66.9 Å². The molecule has 8 heteroatoms. The molecule has 2 aromatic heterocycles. The number of piperidine rings is 1. The van der Waals surface area contributed by atoms with Gasteiger partial charge < -0.3 is 15.5 Å². The molecule has 2 atom stereocenters. The van der Waals surface area contributed by atoms with Crippen LogP contribution in [-0.4, -0.2) is 57.9 Å². The molecule has 0 aliphatic carbocycles. The minimum atomic E-state index is -0.178. The Morgan fingerprint density at radius 2 is 1.84 bits per heavy atom. The van der Waals surface area contributed by atoms with Crippen LogP contribution < -0.4 is 10.6 Å². The fourth-order valence-electron chi connectivity index (χ4n) is 5.18. The van der Waals surface area contributed by atoms with Crippen molar-refractivity contribution in [3.8, 4) is 11.3 Å². The Kier molecular flexibility index (Phi) is 7.81. The topological polar surface area (TPSA) is 87.2 Å². The summed E-state index contributed by atoms with van der Waals surface area (Å²) in [4.78, 5) is 39.0. The number of aromatic nitrogens is 2. The third-order valence-corrected chi connectivity index (χ3v) is 7.85. The van der Waals surface area contributed by atoms with Crippen LogP contribution in [0.5, 0.6) is 0 Å². The minimum Gasteiger partial charge on any atom is -0.350 e. The Morgan fingerprint density at radius 1 is 1.05 bits per heavy atom. The van der Waals surface area contributed by atoms with E-state index in [0.717, 1.165) is 34.5 Å². The summed E-state index contributed by atoms with van der Waals surface area (Å²) in [6.45, 7) is 7.13. The first-order valence-corrected chi connectivity index (χ1v) is 13.9. The molecule has 7 nitrogen and oxygen atoms in total. The Hall–Kier alpha value is -3.62. The SMILES string of the molecule is Cc1nc(-c2ccccc2)c(C(=O)N2CC(NC(C)C)CCC2CNC(=O)c2cccc3cccnc23)s1. The van der Waals surface area contributed by atoms with Crippen LogP contribution in [0.1, 0.15) is 51.7 Å². The minimum absolute atomic E-state index is 0.0317. The molecule has 5 rings (SSSR count). The lowest BCUT2D eigenvalue weighted by Crippen LogP contribution is -2.56. The van der Waals surface area contributed by atoms with Gasteiger partial charge in [-0.2, -0.15) is 0 Å². The third-order valence-electron chi connectivity index (χ3n) is 6.89. The summed E-state index contributed by atoms with van der Waals surface area (Å²) in [5.41, 5.74) is 2.88. The molecule has 0 spiro atoms. The van der Waals surface area contributed by atoms with Crippen molar-refractivity contribution in [2.75, 3.05) is 13.1 Å². The van der Waals surface area contributed by atoms with Gasteiger partial charge in [0.15, 0.2) is 0 Å². The summed E-state index contributed by atoms with van der Waals surface area (Å²) in [7, 11) is 0. The quantitative estimate of drug-likeness (QED) is 0.351. The van der Waals surface area contributed by atoms with Crippen molar-refractivity contribution in [1.82, 2.24) is 25.5 Å². The van der Waals surface area contributed by atoms with E-state index in [1.165, 1.54) is 11.3 Å². The molecule has 1 fully saturated rings. The molecule has 2 amide bonds. The van der Waals surface area contributed by atoms with Crippen molar-refractivity contribution in [3.05, 3.63) is 82.3 Å². The van der Waals surface area contributed by atoms with E-state index in [-0.39, 0.29) is 23.9 Å². The largest absolute Gasteiger partial charge is 0.350 e. The lowest BCUT2D eigenvalue weighted by molar-refractivity contribution is 0.0557. The molecule has 196 valence electrons. The molecule has 3 heterocycles. The smallest absolute Gasteiger partial charge is 0.266 e. The van der Waals surface area contributed by atoms with Gasteiger partial charge in [-0.05, 0) is 31.9 Å². The summed E-state index contributed by atoms with van der Waals surface area (Å²) in [6.07, 6.45) is 3.43. The number of likely N-dealkylation sites (tertiary alicyclic amines) is 1. The van der Waals surface area contributed by atoms with Crippen LogP contribution in [0.4, 0.5) is 0 Å². The first-order chi connectivity index (χ1) is 18.4. The normalized spacial score (nSPS) is 17.6. The van der Waals surface area contributed by atoms with Crippen molar-refractivity contribution in [2.24, 2.45) is 0 Å². The van der Waals surface area contributed by atoms with Gasteiger partial charge in [0, 0.05) is 48.4 Å². The van der Waals surface area contributed by atoms with E-state index in [1.807, 2.05) is 66.4 Å². The van der Waals surface area contributed by atoms with E-state index in [4.69, 9.17) is 4.98 Å². The highest BCUT2D eigenvalue weighted by Gasteiger charge is 2.35. The van der Waals surface area contributed by atoms with Crippen LogP contribution in [-0.2, 0) is 0 Å². The van der Waals surface area contributed by atoms with Gasteiger partial charge in [0.2, 0.25) is 0 Å². The number of pyridine rings is 1.